The molecule has 2 heteroatoms. The number of hydrogen-bond donors (Lipinski definition) is 0. The van der Waals surface area contributed by atoms with E-state index in [0.717, 1.165) is 15.9 Å². The third-order valence-electron chi connectivity index (χ3n) is 4.84. The topological polar surface area (TPSA) is 0 Å². The van der Waals surface area contributed by atoms with Gasteiger partial charge < -0.3 is 0 Å². The Hall–Kier alpha value is -1.43. The third-order valence-corrected chi connectivity index (χ3v) is 14.8. The van der Waals surface area contributed by atoms with Gasteiger partial charge >= 0.3 is 172 Å². The molecule has 0 aromatic heterocycles. The molecule has 0 spiro atoms. The van der Waals surface area contributed by atoms with Crippen LogP contribution in [0.4, 0.5) is 0 Å². The third kappa shape index (κ3) is 3.53. The zero-order valence-electron chi connectivity index (χ0n) is 19.1. The number of hydrogen-bond acceptors (Lipinski definition) is 0. The van der Waals surface area contributed by atoms with Crippen molar-refractivity contribution in [1.29, 1.82) is 0 Å². The summed E-state index contributed by atoms with van der Waals surface area (Å²) in [4.78, 5) is 0. The first-order chi connectivity index (χ1) is 14.2. The van der Waals surface area contributed by atoms with Crippen LogP contribution in [0.5, 0.6) is 0 Å². The molecular formula is C24H28BrP. The Morgan fingerprint density at radius 2 is 1.08 bits per heavy atom. The zero-order valence-corrected chi connectivity index (χ0v) is 17.6. The fourth-order valence-electron chi connectivity index (χ4n) is 3.53. The Kier molecular flexibility index (Phi) is 4.78. The fraction of sp³-hybridized carbons (Fsp3) is 0.250. The molecule has 0 saturated carbocycles. The summed E-state index contributed by atoms with van der Waals surface area (Å²) >= 11 is 4.30. The van der Waals surface area contributed by atoms with Gasteiger partial charge in [-0.1, -0.05) is 0 Å². The van der Waals surface area contributed by atoms with Crippen molar-refractivity contribution in [3.8, 4) is 0 Å². The van der Waals surface area contributed by atoms with E-state index in [9.17, 15) is 0 Å². The molecule has 136 valence electrons. The van der Waals surface area contributed by atoms with Gasteiger partial charge in [-0.15, -0.1) is 0 Å². The molecule has 0 nitrogen and oxygen atoms in total. The van der Waals surface area contributed by atoms with E-state index in [1.807, 2.05) is 54.6 Å². The second kappa shape index (κ2) is 8.51. The molecule has 0 aliphatic rings. The van der Waals surface area contributed by atoms with Crippen molar-refractivity contribution in [2.45, 2.75) is 32.5 Å². The zero-order chi connectivity index (χ0) is 21.9. The van der Waals surface area contributed by atoms with Gasteiger partial charge in [0, 0.05) is 0 Å². The van der Waals surface area contributed by atoms with Crippen molar-refractivity contribution in [2.24, 2.45) is 0 Å². The summed E-state index contributed by atoms with van der Waals surface area (Å²) in [5.74, 6) is 0. The molecule has 0 amide bonds. The van der Waals surface area contributed by atoms with Gasteiger partial charge in [0.05, 0.1) is 0 Å². The van der Waals surface area contributed by atoms with Crippen LogP contribution in [-0.2, 0) is 0 Å². The van der Waals surface area contributed by atoms with Crippen LogP contribution in [-0.4, -0.2) is 6.16 Å². The molecule has 0 fully saturated rings. The molecular weight excluding hydrogens is 399 g/mol. The van der Waals surface area contributed by atoms with E-state index in [1.165, 1.54) is 0 Å². The van der Waals surface area contributed by atoms with Crippen LogP contribution < -0.4 is 15.9 Å². The van der Waals surface area contributed by atoms with Gasteiger partial charge in [0.25, 0.3) is 0 Å². The molecule has 0 heterocycles. The van der Waals surface area contributed by atoms with Gasteiger partial charge in [-0.2, -0.15) is 0 Å². The van der Waals surface area contributed by atoms with Gasteiger partial charge in [0.15, 0.2) is 0 Å². The van der Waals surface area contributed by atoms with E-state index in [0.29, 0.717) is 6.16 Å². The summed E-state index contributed by atoms with van der Waals surface area (Å²) in [6, 6.07) is 30.7. The van der Waals surface area contributed by atoms with Crippen molar-refractivity contribution >= 4 is 36.7 Å². The van der Waals surface area contributed by atoms with E-state index in [1.54, 1.807) is 6.92 Å². The van der Waals surface area contributed by atoms with Crippen LogP contribution in [0.15, 0.2) is 91.0 Å². The van der Waals surface area contributed by atoms with Crippen LogP contribution in [0.25, 0.3) is 0 Å². The summed E-state index contributed by atoms with van der Waals surface area (Å²) < 4.78 is 33.7. The number of rotatable bonds is 8. The molecule has 0 radical (unpaired) electrons. The van der Waals surface area contributed by atoms with Crippen molar-refractivity contribution in [3.63, 3.8) is 0 Å². The molecule has 0 N–H and O–H groups in total. The maximum atomic E-state index is 8.57. The molecule has 0 aliphatic heterocycles. The second-order valence-corrected chi connectivity index (χ2v) is 15.4. The van der Waals surface area contributed by atoms with E-state index in [-0.39, 0.29) is 12.8 Å². The van der Waals surface area contributed by atoms with Crippen LogP contribution in [0.1, 0.15) is 38.0 Å². The maximum absolute atomic E-state index is 8.57. The van der Waals surface area contributed by atoms with Crippen LogP contribution >= 0.6 is 20.8 Å². The first-order valence-corrected chi connectivity index (χ1v) is 13.5. The summed E-state index contributed by atoms with van der Waals surface area (Å²) in [7, 11) is 0. The van der Waals surface area contributed by atoms with Crippen molar-refractivity contribution in [2.75, 3.05) is 6.16 Å². The van der Waals surface area contributed by atoms with E-state index in [2.05, 4.69) is 51.9 Å². The van der Waals surface area contributed by atoms with Gasteiger partial charge in [-0.3, -0.25) is 0 Å². The Bertz CT molecular complexity index is 863. The summed E-state index contributed by atoms with van der Waals surface area (Å²) in [6.07, 6.45) is -3.11. The molecule has 0 bridgehead atoms. The van der Waals surface area contributed by atoms with E-state index >= 15 is 0 Å². The molecule has 3 aromatic carbocycles. The van der Waals surface area contributed by atoms with Crippen LogP contribution in [0, 0.1) is 0 Å². The van der Waals surface area contributed by atoms with Gasteiger partial charge in [-0.05, 0) is 0 Å². The van der Waals surface area contributed by atoms with Crippen molar-refractivity contribution in [1.82, 2.24) is 0 Å². The summed E-state index contributed by atoms with van der Waals surface area (Å²) in [5.41, 5.74) is 0. The van der Waals surface area contributed by atoms with Crippen molar-refractivity contribution in [3.05, 3.63) is 91.0 Å². The quantitative estimate of drug-likeness (QED) is 0.362. The molecule has 0 saturated heterocycles. The first kappa shape index (κ1) is 14.6. The standard InChI is InChI=1S/C24H28BrP/c1-2-3-4-14-21-26(25,22-15-8-5-9-16-22,23-17-10-6-11-18-23)24-19-12-7-13-20-24/h5-13,15-20H,2-4,14,21H2,1H3/i3D2,4D2. The Morgan fingerprint density at radius 1 is 0.692 bits per heavy atom. The monoisotopic (exact) mass is 430 g/mol. The SMILES string of the molecule is [2H]C([2H])(CC)C([2H])([2H])CCP(Br)(c1ccccc1)(c1ccccc1)c1ccccc1. The average Bonchev–Trinajstić information content (AvgIpc) is 2.79. The van der Waals surface area contributed by atoms with Gasteiger partial charge in [0.2, 0.25) is 0 Å². The Morgan fingerprint density at radius 3 is 1.42 bits per heavy atom. The minimum absolute atomic E-state index is 0.107. The molecule has 3 aromatic rings. The second-order valence-electron chi connectivity index (χ2n) is 6.37. The molecule has 3 rings (SSSR count). The van der Waals surface area contributed by atoms with Gasteiger partial charge in [0.1, 0.15) is 0 Å². The van der Waals surface area contributed by atoms with Crippen LogP contribution in [0.2, 0.25) is 0 Å². The predicted octanol–water partition coefficient (Wildman–Crippen LogP) is 6.41. The first-order valence-electron chi connectivity index (χ1n) is 11.1. The summed E-state index contributed by atoms with van der Waals surface area (Å²) in [5, 5.41) is 0.121. The number of benzene rings is 3. The molecule has 0 aliphatic carbocycles. The minimum atomic E-state index is -3.24. The number of halogens is 1. The van der Waals surface area contributed by atoms with E-state index in [4.69, 9.17) is 5.48 Å². The Balaban J connectivity index is 2.28. The van der Waals surface area contributed by atoms with Gasteiger partial charge in [-0.25, -0.2) is 0 Å². The summed E-state index contributed by atoms with van der Waals surface area (Å²) in [6.45, 7) is 1.71. The molecule has 26 heavy (non-hydrogen) atoms. The Labute approximate surface area is 172 Å². The van der Waals surface area contributed by atoms with E-state index < -0.39 is 18.1 Å². The fourth-order valence-corrected chi connectivity index (χ4v) is 10.8. The predicted molar refractivity (Wildman–Crippen MR) is 123 cm³/mol. The van der Waals surface area contributed by atoms with Crippen LogP contribution in [0.3, 0.4) is 0 Å². The normalized spacial score (nSPS) is 16.5. The molecule has 0 unspecified atom stereocenters. The molecule has 0 atom stereocenters. The average molecular weight is 431 g/mol. The van der Waals surface area contributed by atoms with Crippen molar-refractivity contribution < 1.29 is 5.48 Å².